The second kappa shape index (κ2) is 6.40. The molecule has 130 valence electrons. The second-order valence-electron chi connectivity index (χ2n) is 6.76. The molecule has 0 fully saturated rings. The minimum Gasteiger partial charge on any atom is -0.337 e. The molecule has 0 atom stereocenters. The van der Waals surface area contributed by atoms with Crippen LogP contribution in [0.2, 0.25) is 0 Å². The smallest absolute Gasteiger partial charge is 0.241 e. The van der Waals surface area contributed by atoms with Crippen LogP contribution < -0.4 is 0 Å². The summed E-state index contributed by atoms with van der Waals surface area (Å²) in [5.74, 6) is 2.74. The molecular formula is C18H22N6O. The molecule has 0 bridgehead atoms. The quantitative estimate of drug-likeness (QED) is 0.728. The van der Waals surface area contributed by atoms with E-state index in [-0.39, 0.29) is 0 Å². The van der Waals surface area contributed by atoms with Crippen molar-refractivity contribution in [3.05, 3.63) is 47.5 Å². The molecule has 0 spiro atoms. The van der Waals surface area contributed by atoms with Gasteiger partial charge in [-0.1, -0.05) is 25.1 Å². The monoisotopic (exact) mass is 338 g/mol. The predicted molar refractivity (Wildman–Crippen MR) is 92.6 cm³/mol. The van der Waals surface area contributed by atoms with Crippen molar-refractivity contribution in [1.29, 1.82) is 0 Å². The lowest BCUT2D eigenvalue weighted by Crippen LogP contribution is -2.30. The largest absolute Gasteiger partial charge is 0.337 e. The van der Waals surface area contributed by atoms with Gasteiger partial charge in [-0.15, -0.1) is 0 Å². The summed E-state index contributed by atoms with van der Waals surface area (Å²) in [5, 5.41) is 4.04. The summed E-state index contributed by atoms with van der Waals surface area (Å²) in [4.78, 5) is 15.9. The third-order valence-corrected chi connectivity index (χ3v) is 4.61. The summed E-state index contributed by atoms with van der Waals surface area (Å²) in [6, 6.07) is 5.66. The highest BCUT2D eigenvalue weighted by atomic mass is 16.5. The number of aromatic nitrogens is 5. The predicted octanol–water partition coefficient (Wildman–Crippen LogP) is 2.55. The maximum absolute atomic E-state index is 5.41. The standard InChI is InChI=1S/C18H22N6O/c1-12(2)18-20-14-10-24(9-7-15(14)23(18)3)11-16-21-17(22-25-16)13-6-4-5-8-19-13/h4-6,8,12H,7,9-11H2,1-3H3. The molecular weight excluding hydrogens is 316 g/mol. The third-order valence-electron chi connectivity index (χ3n) is 4.61. The van der Waals surface area contributed by atoms with Crippen molar-refractivity contribution in [2.75, 3.05) is 6.54 Å². The number of hydrogen-bond donors (Lipinski definition) is 0. The zero-order valence-corrected chi connectivity index (χ0v) is 14.8. The second-order valence-corrected chi connectivity index (χ2v) is 6.76. The Bertz CT molecular complexity index is 867. The number of rotatable bonds is 4. The van der Waals surface area contributed by atoms with Gasteiger partial charge in [-0.2, -0.15) is 4.98 Å². The Labute approximate surface area is 146 Å². The highest BCUT2D eigenvalue weighted by molar-refractivity contribution is 5.47. The average molecular weight is 338 g/mol. The highest BCUT2D eigenvalue weighted by Crippen LogP contribution is 2.24. The zero-order valence-electron chi connectivity index (χ0n) is 14.8. The molecule has 0 saturated carbocycles. The molecule has 7 nitrogen and oxygen atoms in total. The van der Waals surface area contributed by atoms with Crippen molar-refractivity contribution < 1.29 is 4.52 Å². The number of nitrogens with zero attached hydrogens (tertiary/aromatic N) is 6. The SMILES string of the molecule is CC(C)c1nc2c(n1C)CCN(Cc1nc(-c3ccccn3)no1)C2. The molecule has 1 aliphatic heterocycles. The summed E-state index contributed by atoms with van der Waals surface area (Å²) < 4.78 is 7.66. The fourth-order valence-electron chi connectivity index (χ4n) is 3.36. The topological polar surface area (TPSA) is 72.9 Å². The van der Waals surface area contributed by atoms with Gasteiger partial charge in [0.15, 0.2) is 0 Å². The summed E-state index contributed by atoms with van der Waals surface area (Å²) in [6.07, 6.45) is 2.72. The van der Waals surface area contributed by atoms with Gasteiger partial charge in [0, 0.05) is 44.4 Å². The van der Waals surface area contributed by atoms with Crippen LogP contribution in [0.1, 0.15) is 42.9 Å². The molecule has 25 heavy (non-hydrogen) atoms. The van der Waals surface area contributed by atoms with Gasteiger partial charge in [-0.25, -0.2) is 4.98 Å². The van der Waals surface area contributed by atoms with E-state index >= 15 is 0 Å². The molecule has 0 aromatic carbocycles. The Morgan fingerprint density at radius 2 is 2.12 bits per heavy atom. The molecule has 1 aliphatic rings. The lowest BCUT2D eigenvalue weighted by molar-refractivity contribution is 0.206. The van der Waals surface area contributed by atoms with Crippen molar-refractivity contribution in [3.63, 3.8) is 0 Å². The van der Waals surface area contributed by atoms with E-state index in [9.17, 15) is 0 Å². The number of hydrogen-bond acceptors (Lipinski definition) is 6. The van der Waals surface area contributed by atoms with Gasteiger partial charge in [-0.05, 0) is 12.1 Å². The molecule has 0 saturated heterocycles. The molecule has 4 heterocycles. The van der Waals surface area contributed by atoms with E-state index in [1.54, 1.807) is 6.20 Å². The van der Waals surface area contributed by atoms with Gasteiger partial charge in [0.2, 0.25) is 11.7 Å². The fourth-order valence-corrected chi connectivity index (χ4v) is 3.36. The van der Waals surface area contributed by atoms with Crippen LogP contribution in [0.25, 0.3) is 11.5 Å². The van der Waals surface area contributed by atoms with Gasteiger partial charge in [0.25, 0.3) is 0 Å². The molecule has 3 aromatic heterocycles. The molecule has 3 aromatic rings. The molecule has 0 N–H and O–H groups in total. The summed E-state index contributed by atoms with van der Waals surface area (Å²) in [6.45, 7) is 6.78. The van der Waals surface area contributed by atoms with Crippen LogP contribution in [0.5, 0.6) is 0 Å². The van der Waals surface area contributed by atoms with E-state index in [1.165, 1.54) is 11.4 Å². The normalized spacial score (nSPS) is 14.9. The fraction of sp³-hybridized carbons (Fsp3) is 0.444. The first kappa shape index (κ1) is 16.0. The lowest BCUT2D eigenvalue weighted by Gasteiger charge is -2.24. The minimum atomic E-state index is 0.431. The van der Waals surface area contributed by atoms with E-state index < -0.39 is 0 Å². The van der Waals surface area contributed by atoms with Crippen LogP contribution in [0.4, 0.5) is 0 Å². The van der Waals surface area contributed by atoms with E-state index in [0.29, 0.717) is 24.2 Å². The number of imidazole rings is 1. The van der Waals surface area contributed by atoms with Crippen LogP contribution in [0, 0.1) is 0 Å². The molecule has 7 heteroatoms. The minimum absolute atomic E-state index is 0.431. The van der Waals surface area contributed by atoms with Gasteiger partial charge < -0.3 is 9.09 Å². The lowest BCUT2D eigenvalue weighted by atomic mass is 10.1. The van der Waals surface area contributed by atoms with Crippen molar-refractivity contribution in [3.8, 4) is 11.5 Å². The van der Waals surface area contributed by atoms with Gasteiger partial charge in [0.05, 0.1) is 12.2 Å². The first-order valence-electron chi connectivity index (χ1n) is 8.62. The highest BCUT2D eigenvalue weighted by Gasteiger charge is 2.24. The van der Waals surface area contributed by atoms with Crippen LogP contribution in [0.15, 0.2) is 28.9 Å². The summed E-state index contributed by atoms with van der Waals surface area (Å²) in [5.41, 5.74) is 3.24. The van der Waals surface area contributed by atoms with Gasteiger partial charge in [0.1, 0.15) is 11.5 Å². The summed E-state index contributed by atoms with van der Waals surface area (Å²) >= 11 is 0. The van der Waals surface area contributed by atoms with E-state index in [4.69, 9.17) is 9.51 Å². The van der Waals surface area contributed by atoms with Gasteiger partial charge >= 0.3 is 0 Å². The molecule has 0 aliphatic carbocycles. The zero-order chi connectivity index (χ0) is 17.4. The molecule has 0 radical (unpaired) electrons. The van der Waals surface area contributed by atoms with Crippen molar-refractivity contribution in [2.45, 2.75) is 39.3 Å². The van der Waals surface area contributed by atoms with E-state index in [0.717, 1.165) is 31.0 Å². The number of fused-ring (bicyclic) bond motifs is 1. The first-order chi connectivity index (χ1) is 12.1. The average Bonchev–Trinajstić information content (AvgIpc) is 3.21. The van der Waals surface area contributed by atoms with Crippen LogP contribution in [0.3, 0.4) is 0 Å². The van der Waals surface area contributed by atoms with E-state index in [2.05, 4.69) is 45.5 Å². The van der Waals surface area contributed by atoms with Crippen molar-refractivity contribution >= 4 is 0 Å². The maximum Gasteiger partial charge on any atom is 0.241 e. The Kier molecular flexibility index (Phi) is 4.09. The Morgan fingerprint density at radius 3 is 2.88 bits per heavy atom. The van der Waals surface area contributed by atoms with Crippen molar-refractivity contribution in [2.24, 2.45) is 7.05 Å². The molecule has 0 unspecified atom stereocenters. The third kappa shape index (κ3) is 3.07. The first-order valence-corrected chi connectivity index (χ1v) is 8.62. The molecule has 4 rings (SSSR count). The maximum atomic E-state index is 5.41. The Hall–Kier alpha value is -2.54. The van der Waals surface area contributed by atoms with Gasteiger partial charge in [-0.3, -0.25) is 9.88 Å². The molecule has 0 amide bonds. The van der Waals surface area contributed by atoms with Crippen LogP contribution in [-0.4, -0.2) is 36.1 Å². The summed E-state index contributed by atoms with van der Waals surface area (Å²) in [7, 11) is 2.12. The van der Waals surface area contributed by atoms with Crippen LogP contribution in [-0.2, 0) is 26.6 Å². The van der Waals surface area contributed by atoms with E-state index in [1.807, 2.05) is 18.2 Å². The van der Waals surface area contributed by atoms with Crippen molar-refractivity contribution in [1.82, 2.24) is 29.6 Å². The number of pyridine rings is 1. The Balaban J connectivity index is 1.48. The van der Waals surface area contributed by atoms with Crippen LogP contribution >= 0.6 is 0 Å². The Morgan fingerprint density at radius 1 is 1.24 bits per heavy atom.